The van der Waals surface area contributed by atoms with E-state index in [0.717, 1.165) is 11.4 Å². The summed E-state index contributed by atoms with van der Waals surface area (Å²) in [6, 6.07) is 22.3. The molecule has 0 atom stereocenters. The van der Waals surface area contributed by atoms with Gasteiger partial charge in [0.15, 0.2) is 16.7 Å². The van der Waals surface area contributed by atoms with Crippen molar-refractivity contribution in [2.24, 2.45) is 0 Å². The predicted molar refractivity (Wildman–Crippen MR) is 126 cm³/mol. The summed E-state index contributed by atoms with van der Waals surface area (Å²) >= 11 is 1.32. The summed E-state index contributed by atoms with van der Waals surface area (Å²) in [5.74, 6) is 0.628. The van der Waals surface area contributed by atoms with Crippen LogP contribution in [0.2, 0.25) is 0 Å². The Morgan fingerprint density at radius 1 is 0.970 bits per heavy atom. The Morgan fingerprint density at radius 3 is 2.21 bits per heavy atom. The van der Waals surface area contributed by atoms with Crippen LogP contribution in [0.4, 0.5) is 11.4 Å². The number of amides is 2. The van der Waals surface area contributed by atoms with Crippen molar-refractivity contribution in [3.8, 4) is 0 Å². The van der Waals surface area contributed by atoms with E-state index in [1.165, 1.54) is 18.0 Å². The van der Waals surface area contributed by atoms with Gasteiger partial charge >= 0.3 is 0 Å². The molecule has 0 spiro atoms. The van der Waals surface area contributed by atoms with E-state index in [0.29, 0.717) is 17.5 Å². The van der Waals surface area contributed by atoms with Crippen LogP contribution < -0.4 is 10.2 Å². The van der Waals surface area contributed by atoms with Crippen molar-refractivity contribution in [2.45, 2.75) is 25.2 Å². The molecule has 2 aromatic heterocycles. The summed E-state index contributed by atoms with van der Waals surface area (Å²) in [7, 11) is 0. The Labute approximate surface area is 195 Å². The van der Waals surface area contributed by atoms with Crippen LogP contribution in [-0.2, 0) is 17.9 Å². The van der Waals surface area contributed by atoms with E-state index < -0.39 is 0 Å². The van der Waals surface area contributed by atoms with Crippen LogP contribution in [0.15, 0.2) is 88.6 Å². The minimum absolute atomic E-state index is 0.0734. The third-order valence-electron chi connectivity index (χ3n) is 4.86. The van der Waals surface area contributed by atoms with Crippen molar-refractivity contribution < 1.29 is 14.0 Å². The lowest BCUT2D eigenvalue weighted by atomic mass is 10.2. The van der Waals surface area contributed by atoms with E-state index in [1.54, 1.807) is 17.0 Å². The van der Waals surface area contributed by atoms with E-state index in [9.17, 15) is 9.59 Å². The van der Waals surface area contributed by atoms with Crippen LogP contribution in [-0.4, -0.2) is 32.3 Å². The Bertz CT molecular complexity index is 1150. The summed E-state index contributed by atoms with van der Waals surface area (Å²) in [4.78, 5) is 27.1. The highest BCUT2D eigenvalue weighted by Crippen LogP contribution is 2.27. The van der Waals surface area contributed by atoms with Gasteiger partial charge in [0.25, 0.3) is 5.91 Å². The SMILES string of the molecule is CCn1c(CNC(=O)c2ccco2)nnc1SCC(=O)N(c1ccccc1)c1ccccc1. The second kappa shape index (κ2) is 10.6. The Hall–Kier alpha value is -3.85. The fourth-order valence-corrected chi connectivity index (χ4v) is 4.18. The van der Waals surface area contributed by atoms with Crippen molar-refractivity contribution in [1.82, 2.24) is 20.1 Å². The van der Waals surface area contributed by atoms with Crippen molar-refractivity contribution in [3.05, 3.63) is 90.6 Å². The average molecular weight is 462 g/mol. The highest BCUT2D eigenvalue weighted by Gasteiger charge is 2.20. The lowest BCUT2D eigenvalue weighted by Gasteiger charge is -2.23. The fraction of sp³-hybridized carbons (Fsp3) is 0.167. The number of rotatable bonds is 9. The number of nitrogens with one attached hydrogen (secondary N) is 1. The first-order valence-corrected chi connectivity index (χ1v) is 11.5. The standard InChI is InChI=1S/C24H23N5O3S/c1-2-28-21(16-25-23(31)20-14-9-15-32-20)26-27-24(28)33-17-22(30)29(18-10-5-3-6-11-18)19-12-7-4-8-13-19/h3-15H,2,16-17H2,1H3,(H,25,31). The first-order valence-electron chi connectivity index (χ1n) is 10.5. The summed E-state index contributed by atoms with van der Waals surface area (Å²) in [6.45, 7) is 2.78. The van der Waals surface area contributed by atoms with Crippen LogP contribution >= 0.6 is 11.8 Å². The molecule has 0 unspecified atom stereocenters. The second-order valence-electron chi connectivity index (χ2n) is 6.99. The van der Waals surface area contributed by atoms with Crippen molar-refractivity contribution in [1.29, 1.82) is 0 Å². The first-order chi connectivity index (χ1) is 16.2. The number of carbonyl (C=O) groups is 2. The van der Waals surface area contributed by atoms with Crippen molar-refractivity contribution in [3.63, 3.8) is 0 Å². The molecule has 4 rings (SSSR count). The van der Waals surface area contributed by atoms with E-state index in [-0.39, 0.29) is 29.9 Å². The van der Waals surface area contributed by atoms with Crippen LogP contribution in [0.25, 0.3) is 0 Å². The normalized spacial score (nSPS) is 10.7. The molecule has 2 amide bonds. The molecule has 0 saturated heterocycles. The molecule has 4 aromatic rings. The number of carbonyl (C=O) groups excluding carboxylic acids is 2. The monoisotopic (exact) mass is 461 g/mol. The third-order valence-corrected chi connectivity index (χ3v) is 5.82. The molecule has 9 heteroatoms. The van der Waals surface area contributed by atoms with Crippen molar-refractivity contribution >= 4 is 35.0 Å². The molecule has 0 aliphatic rings. The lowest BCUT2D eigenvalue weighted by molar-refractivity contribution is -0.115. The van der Waals surface area contributed by atoms with Gasteiger partial charge in [0.2, 0.25) is 5.91 Å². The Balaban J connectivity index is 1.45. The van der Waals surface area contributed by atoms with Gasteiger partial charge in [-0.15, -0.1) is 10.2 Å². The van der Waals surface area contributed by atoms with Gasteiger partial charge in [-0.2, -0.15) is 0 Å². The second-order valence-corrected chi connectivity index (χ2v) is 7.93. The molecule has 2 aromatic carbocycles. The summed E-state index contributed by atoms with van der Waals surface area (Å²) in [5, 5.41) is 11.8. The molecule has 0 aliphatic heterocycles. The molecule has 0 fully saturated rings. The number of thioether (sulfide) groups is 1. The van der Waals surface area contributed by atoms with Crippen LogP contribution in [0.3, 0.4) is 0 Å². The van der Waals surface area contributed by atoms with Gasteiger partial charge in [0, 0.05) is 17.9 Å². The molecular weight excluding hydrogens is 438 g/mol. The third kappa shape index (κ3) is 5.32. The van der Waals surface area contributed by atoms with Gasteiger partial charge in [-0.1, -0.05) is 48.2 Å². The van der Waals surface area contributed by atoms with Gasteiger partial charge in [-0.25, -0.2) is 0 Å². The molecule has 168 valence electrons. The number of anilines is 2. The van der Waals surface area contributed by atoms with Crippen molar-refractivity contribution in [2.75, 3.05) is 10.7 Å². The molecule has 0 radical (unpaired) electrons. The van der Waals surface area contributed by atoms with Gasteiger partial charge in [0.05, 0.1) is 18.6 Å². The summed E-state index contributed by atoms with van der Waals surface area (Å²) in [6.07, 6.45) is 1.45. The zero-order valence-corrected chi connectivity index (χ0v) is 18.9. The minimum atomic E-state index is -0.323. The maximum Gasteiger partial charge on any atom is 0.287 e. The number of hydrogen-bond acceptors (Lipinski definition) is 6. The topological polar surface area (TPSA) is 93.3 Å². The van der Waals surface area contributed by atoms with E-state index >= 15 is 0 Å². The Kier molecular flexibility index (Phi) is 7.21. The molecular formula is C24H23N5O3S. The van der Waals surface area contributed by atoms with Gasteiger partial charge in [-0.05, 0) is 43.3 Å². The molecule has 8 nitrogen and oxygen atoms in total. The zero-order valence-electron chi connectivity index (χ0n) is 18.0. The zero-order chi connectivity index (χ0) is 23.0. The molecule has 1 N–H and O–H groups in total. The smallest absolute Gasteiger partial charge is 0.287 e. The first kappa shape index (κ1) is 22.3. The highest BCUT2D eigenvalue weighted by atomic mass is 32.2. The summed E-state index contributed by atoms with van der Waals surface area (Å²) in [5.41, 5.74) is 1.60. The molecule has 2 heterocycles. The number of furan rings is 1. The molecule has 33 heavy (non-hydrogen) atoms. The number of hydrogen-bond donors (Lipinski definition) is 1. The van der Waals surface area contributed by atoms with E-state index in [1.807, 2.05) is 72.2 Å². The molecule has 0 bridgehead atoms. The van der Waals surface area contributed by atoms with E-state index in [2.05, 4.69) is 15.5 Å². The summed E-state index contributed by atoms with van der Waals surface area (Å²) < 4.78 is 6.99. The largest absolute Gasteiger partial charge is 0.459 e. The van der Waals surface area contributed by atoms with Gasteiger partial charge in [0.1, 0.15) is 0 Å². The molecule has 0 saturated carbocycles. The fourth-order valence-electron chi connectivity index (χ4n) is 3.31. The Morgan fingerprint density at radius 2 is 1.64 bits per heavy atom. The van der Waals surface area contributed by atoms with Crippen LogP contribution in [0, 0.1) is 0 Å². The maximum absolute atomic E-state index is 13.3. The molecule has 0 aliphatic carbocycles. The lowest BCUT2D eigenvalue weighted by Crippen LogP contribution is -2.27. The van der Waals surface area contributed by atoms with Gasteiger partial charge < -0.3 is 14.3 Å². The number of para-hydroxylation sites is 2. The quantitative estimate of drug-likeness (QED) is 0.374. The van der Waals surface area contributed by atoms with Gasteiger partial charge in [-0.3, -0.25) is 14.5 Å². The average Bonchev–Trinajstić information content (AvgIpc) is 3.53. The van der Waals surface area contributed by atoms with E-state index in [4.69, 9.17) is 4.42 Å². The minimum Gasteiger partial charge on any atom is -0.459 e. The predicted octanol–water partition coefficient (Wildman–Crippen LogP) is 4.28. The number of nitrogens with zero attached hydrogens (tertiary/aromatic N) is 4. The number of aromatic nitrogens is 3. The highest BCUT2D eigenvalue weighted by molar-refractivity contribution is 7.99. The van der Waals surface area contributed by atoms with Crippen LogP contribution in [0.5, 0.6) is 0 Å². The maximum atomic E-state index is 13.3. The van der Waals surface area contributed by atoms with Crippen LogP contribution in [0.1, 0.15) is 23.3 Å². The number of benzene rings is 2.